The van der Waals surface area contributed by atoms with Crippen molar-refractivity contribution in [3.8, 4) is 5.75 Å². The van der Waals surface area contributed by atoms with Gasteiger partial charge in [0.1, 0.15) is 17.6 Å². The summed E-state index contributed by atoms with van der Waals surface area (Å²) in [4.78, 5) is 11.2. The van der Waals surface area contributed by atoms with Gasteiger partial charge in [0.2, 0.25) is 0 Å². The van der Waals surface area contributed by atoms with Gasteiger partial charge in [-0.05, 0) is 31.0 Å². The van der Waals surface area contributed by atoms with Crippen molar-refractivity contribution in [2.24, 2.45) is 0 Å². The number of likely N-dealkylation sites (N-methyl/N-ethyl adjacent to an activating group) is 1. The van der Waals surface area contributed by atoms with Gasteiger partial charge in [-0.2, -0.15) is 0 Å². The van der Waals surface area contributed by atoms with E-state index in [0.717, 1.165) is 23.0 Å². The van der Waals surface area contributed by atoms with Crippen LogP contribution in [0.3, 0.4) is 0 Å². The van der Waals surface area contributed by atoms with Gasteiger partial charge in [-0.15, -0.1) is 24.8 Å². The van der Waals surface area contributed by atoms with Crippen LogP contribution in [0.25, 0.3) is 10.8 Å². The number of carbonyl (C=O) groups excluding carboxylic acids is 1. The monoisotopic (exact) mass is 468 g/mol. The minimum Gasteiger partial charge on any atom is -0.484 e. The summed E-state index contributed by atoms with van der Waals surface area (Å²) in [5, 5.41) is 8.22. The van der Waals surface area contributed by atoms with Crippen LogP contribution in [0.1, 0.15) is 24.4 Å². The fraction of sp³-hybridized carbons (Fsp3) is 0.348. The summed E-state index contributed by atoms with van der Waals surface area (Å²) in [5.74, 6) is 1.38. The summed E-state index contributed by atoms with van der Waals surface area (Å²) in [5.41, 5.74) is 1.19. The highest BCUT2D eigenvalue weighted by Crippen LogP contribution is 2.27. The molecule has 0 aliphatic rings. The molecule has 1 amide bonds. The number of rotatable bonds is 10. The van der Waals surface area contributed by atoms with Gasteiger partial charge in [0, 0.05) is 37.5 Å². The first kappa shape index (κ1) is 26.8. The first-order valence-electron chi connectivity index (χ1n) is 9.75. The summed E-state index contributed by atoms with van der Waals surface area (Å²) >= 11 is 0. The highest BCUT2D eigenvalue weighted by Gasteiger charge is 2.18. The first-order chi connectivity index (χ1) is 14.1. The van der Waals surface area contributed by atoms with E-state index in [1.807, 2.05) is 42.5 Å². The number of hydrogen-bond donors (Lipinski definition) is 2. The van der Waals surface area contributed by atoms with E-state index >= 15 is 0 Å². The Kier molecular flexibility index (Phi) is 11.4. The zero-order valence-electron chi connectivity index (χ0n) is 17.9. The van der Waals surface area contributed by atoms with E-state index in [2.05, 4.69) is 23.6 Å². The molecule has 170 valence electrons. The Bertz CT molecular complexity index is 931. The molecule has 2 N–H and O–H groups in total. The Balaban J connectivity index is 0.00000240. The molecule has 3 rings (SSSR count). The predicted octanol–water partition coefficient (Wildman–Crippen LogP) is 4.31. The second-order valence-corrected chi connectivity index (χ2v) is 7.03. The van der Waals surface area contributed by atoms with Gasteiger partial charge < -0.3 is 24.5 Å². The van der Waals surface area contributed by atoms with Crippen LogP contribution < -0.4 is 15.4 Å². The molecule has 1 aromatic heterocycles. The van der Waals surface area contributed by atoms with Crippen LogP contribution in [0.2, 0.25) is 0 Å². The van der Waals surface area contributed by atoms with Crippen LogP contribution in [0.4, 0.5) is 0 Å². The Morgan fingerprint density at radius 1 is 1.10 bits per heavy atom. The third-order valence-electron chi connectivity index (χ3n) is 4.88. The molecule has 0 fully saturated rings. The summed E-state index contributed by atoms with van der Waals surface area (Å²) in [6, 6.07) is 16.2. The summed E-state index contributed by atoms with van der Waals surface area (Å²) in [6.45, 7) is 2.82. The number of nitrogens with one attached hydrogen (secondary N) is 2. The maximum Gasteiger partial charge on any atom is 0.257 e. The van der Waals surface area contributed by atoms with Crippen LogP contribution in [-0.2, 0) is 16.0 Å². The van der Waals surface area contributed by atoms with Crippen LogP contribution >= 0.6 is 24.8 Å². The Hall–Kier alpha value is -2.25. The Morgan fingerprint density at radius 3 is 2.48 bits per heavy atom. The van der Waals surface area contributed by atoms with E-state index in [-0.39, 0.29) is 49.5 Å². The topological polar surface area (TPSA) is 72.7 Å². The molecule has 6 nitrogen and oxygen atoms in total. The van der Waals surface area contributed by atoms with Crippen molar-refractivity contribution in [3.63, 3.8) is 0 Å². The third kappa shape index (κ3) is 7.43. The maximum absolute atomic E-state index is 11.2. The molecular formula is C23H30Cl2N2O4. The molecule has 0 aliphatic carbocycles. The van der Waals surface area contributed by atoms with Crippen molar-refractivity contribution in [2.75, 3.05) is 27.3 Å². The molecule has 31 heavy (non-hydrogen) atoms. The van der Waals surface area contributed by atoms with Crippen LogP contribution in [0.15, 0.2) is 59.2 Å². The van der Waals surface area contributed by atoms with Crippen LogP contribution in [0.5, 0.6) is 5.75 Å². The molecule has 0 saturated carbocycles. The molecule has 3 aromatic rings. The summed E-state index contributed by atoms with van der Waals surface area (Å²) in [6.07, 6.45) is 2.48. The first-order valence-corrected chi connectivity index (χ1v) is 9.75. The number of methoxy groups -OCH3 is 1. The van der Waals surface area contributed by atoms with Crippen molar-refractivity contribution in [3.05, 3.63) is 66.1 Å². The lowest BCUT2D eigenvalue weighted by Crippen LogP contribution is -2.32. The van der Waals surface area contributed by atoms with Gasteiger partial charge in [0.15, 0.2) is 6.61 Å². The molecule has 2 atom stereocenters. The van der Waals surface area contributed by atoms with E-state index in [9.17, 15) is 4.79 Å². The number of amides is 1. The number of fused-ring (bicyclic) bond motifs is 1. The summed E-state index contributed by atoms with van der Waals surface area (Å²) < 4.78 is 16.9. The molecule has 0 radical (unpaired) electrons. The van der Waals surface area contributed by atoms with Crippen LogP contribution in [-0.4, -0.2) is 39.3 Å². The number of ether oxygens (including phenoxy) is 2. The molecule has 8 heteroatoms. The van der Waals surface area contributed by atoms with Crippen molar-refractivity contribution in [1.82, 2.24) is 10.6 Å². The average molecular weight is 469 g/mol. The van der Waals surface area contributed by atoms with Crippen molar-refractivity contribution < 1.29 is 18.7 Å². The highest BCUT2D eigenvalue weighted by atomic mass is 35.5. The highest BCUT2D eigenvalue weighted by molar-refractivity contribution is 5.86. The smallest absolute Gasteiger partial charge is 0.257 e. The maximum atomic E-state index is 11.2. The van der Waals surface area contributed by atoms with E-state index < -0.39 is 0 Å². The van der Waals surface area contributed by atoms with Gasteiger partial charge in [-0.1, -0.05) is 36.4 Å². The lowest BCUT2D eigenvalue weighted by atomic mass is 10.1. The number of carbonyl (C=O) groups is 1. The largest absolute Gasteiger partial charge is 0.484 e. The summed E-state index contributed by atoms with van der Waals surface area (Å²) in [7, 11) is 3.29. The van der Waals surface area contributed by atoms with Gasteiger partial charge in [-0.3, -0.25) is 4.79 Å². The molecule has 0 bridgehead atoms. The molecule has 0 spiro atoms. The Labute approximate surface area is 195 Å². The van der Waals surface area contributed by atoms with Crippen molar-refractivity contribution in [2.45, 2.75) is 25.5 Å². The minimum atomic E-state index is -0.155. The average Bonchev–Trinajstić information content (AvgIpc) is 3.17. The van der Waals surface area contributed by atoms with E-state index in [1.165, 1.54) is 5.56 Å². The molecule has 2 aromatic carbocycles. The molecule has 0 saturated heterocycles. The lowest BCUT2D eigenvalue weighted by Gasteiger charge is -2.19. The quantitative estimate of drug-likeness (QED) is 0.463. The van der Waals surface area contributed by atoms with Gasteiger partial charge in [0.05, 0.1) is 6.26 Å². The van der Waals surface area contributed by atoms with E-state index in [1.54, 1.807) is 20.4 Å². The number of benzene rings is 2. The molecule has 1 heterocycles. The molecular weight excluding hydrogens is 439 g/mol. The van der Waals surface area contributed by atoms with Crippen molar-refractivity contribution in [1.29, 1.82) is 0 Å². The normalized spacial score (nSPS) is 12.4. The fourth-order valence-corrected chi connectivity index (χ4v) is 3.22. The Morgan fingerprint density at radius 2 is 1.81 bits per heavy atom. The van der Waals surface area contributed by atoms with Gasteiger partial charge in [0.25, 0.3) is 5.91 Å². The second kappa shape index (κ2) is 13.2. The zero-order chi connectivity index (χ0) is 20.6. The number of hydrogen-bond acceptors (Lipinski definition) is 5. The van der Waals surface area contributed by atoms with Gasteiger partial charge >= 0.3 is 0 Å². The SMILES string of the molecule is CNC(=O)COc1ccc(CC(C)NCC(OC)c2occ3ccccc23)cc1.Cl.Cl. The zero-order valence-corrected chi connectivity index (χ0v) is 19.6. The lowest BCUT2D eigenvalue weighted by molar-refractivity contribution is -0.122. The number of halogens is 2. The minimum absolute atomic E-state index is 0. The fourth-order valence-electron chi connectivity index (χ4n) is 3.22. The van der Waals surface area contributed by atoms with E-state index in [4.69, 9.17) is 13.9 Å². The number of furan rings is 1. The van der Waals surface area contributed by atoms with Crippen LogP contribution in [0, 0.1) is 0 Å². The van der Waals surface area contributed by atoms with Crippen molar-refractivity contribution >= 4 is 41.5 Å². The molecule has 0 aliphatic heterocycles. The second-order valence-electron chi connectivity index (χ2n) is 7.03. The van der Waals surface area contributed by atoms with Gasteiger partial charge in [-0.25, -0.2) is 0 Å². The van der Waals surface area contributed by atoms with E-state index in [0.29, 0.717) is 12.3 Å². The standard InChI is InChI=1S/C23H28N2O4.2ClH/c1-16(12-17-8-10-19(11-9-17)28-15-22(26)24-2)25-13-21(27-3)23-20-7-5-4-6-18(20)14-29-23;;/h4-11,14,16,21,25H,12-13,15H2,1-3H3,(H,24,26);2*1H. The predicted molar refractivity (Wildman–Crippen MR) is 128 cm³/mol. The molecule has 2 unspecified atom stereocenters. The third-order valence-corrected chi connectivity index (χ3v) is 4.88.